The third-order valence-corrected chi connectivity index (χ3v) is 6.22. The second kappa shape index (κ2) is 10.7. The molecule has 1 amide bonds. The number of ether oxygens (including phenoxy) is 1. The van der Waals surface area contributed by atoms with E-state index in [-0.39, 0.29) is 11.8 Å². The molecule has 0 atom stereocenters. The number of rotatable bonds is 4. The van der Waals surface area contributed by atoms with E-state index in [1.54, 1.807) is 42.0 Å². The number of methoxy groups -OCH3 is 1. The number of benzene rings is 3. The van der Waals surface area contributed by atoms with Gasteiger partial charge < -0.3 is 10.5 Å². The molecule has 4 aromatic rings. The van der Waals surface area contributed by atoms with Gasteiger partial charge in [0.2, 0.25) is 5.91 Å². The third-order valence-electron chi connectivity index (χ3n) is 5.20. The summed E-state index contributed by atoms with van der Waals surface area (Å²) in [4.78, 5) is 23.5. The van der Waals surface area contributed by atoms with E-state index in [4.69, 9.17) is 22.1 Å². The van der Waals surface area contributed by atoms with Gasteiger partial charge in [0.25, 0.3) is 5.91 Å². The van der Waals surface area contributed by atoms with E-state index >= 15 is 0 Å². The number of amides is 1. The Bertz CT molecular complexity index is 1310. The number of fused-ring (bicyclic) bond motifs is 1. The number of aromatic nitrogens is 1. The summed E-state index contributed by atoms with van der Waals surface area (Å²) < 4.78 is 7.95. The molecule has 33 heavy (non-hydrogen) atoms. The molecule has 0 unspecified atom stereocenters. The van der Waals surface area contributed by atoms with Gasteiger partial charge in [0, 0.05) is 31.7 Å². The predicted octanol–water partition coefficient (Wildman–Crippen LogP) is 6.41. The standard InChI is InChI=1S/C17H14ClNO2.C9H10BrNO/c1-11-9-13-10-15(21-2)7-8-16(13)19(11)17(20)12-3-5-14(18)6-4-12;1-2-6-5-7(9(11)12)3-4-8(6)10/h3-10H,1-2H3;3-5H,2H2,1H3,(H2,11,12). The topological polar surface area (TPSA) is 74.3 Å². The lowest BCUT2D eigenvalue weighted by atomic mass is 10.1. The third kappa shape index (κ3) is 5.64. The van der Waals surface area contributed by atoms with Gasteiger partial charge in [0.05, 0.1) is 12.6 Å². The van der Waals surface area contributed by atoms with Gasteiger partial charge in [-0.05, 0) is 85.6 Å². The molecule has 0 saturated carbocycles. The van der Waals surface area contributed by atoms with Crippen molar-refractivity contribution in [2.75, 3.05) is 7.11 Å². The van der Waals surface area contributed by atoms with Crippen LogP contribution in [0.1, 0.15) is 38.9 Å². The summed E-state index contributed by atoms with van der Waals surface area (Å²) in [6.45, 7) is 3.95. The molecule has 0 aliphatic rings. The lowest BCUT2D eigenvalue weighted by Gasteiger charge is -2.07. The minimum Gasteiger partial charge on any atom is -0.497 e. The molecule has 0 radical (unpaired) electrons. The molecule has 0 aliphatic heterocycles. The van der Waals surface area contributed by atoms with Gasteiger partial charge in [-0.3, -0.25) is 14.2 Å². The van der Waals surface area contributed by atoms with Gasteiger partial charge in [0.1, 0.15) is 5.75 Å². The van der Waals surface area contributed by atoms with Crippen LogP contribution in [0, 0.1) is 6.92 Å². The second-order valence-corrected chi connectivity index (χ2v) is 8.67. The highest BCUT2D eigenvalue weighted by atomic mass is 79.9. The van der Waals surface area contributed by atoms with Gasteiger partial charge in [-0.15, -0.1) is 0 Å². The molecule has 1 heterocycles. The molecule has 0 saturated heterocycles. The Hall–Kier alpha value is -3.09. The van der Waals surface area contributed by atoms with Crippen molar-refractivity contribution in [1.82, 2.24) is 4.57 Å². The average molecular weight is 528 g/mol. The molecule has 4 rings (SSSR count). The van der Waals surface area contributed by atoms with Crippen LogP contribution in [0.2, 0.25) is 5.02 Å². The Labute approximate surface area is 206 Å². The first-order valence-electron chi connectivity index (χ1n) is 10.3. The minimum atomic E-state index is -0.378. The molecule has 0 bridgehead atoms. The van der Waals surface area contributed by atoms with Gasteiger partial charge in [-0.2, -0.15) is 0 Å². The summed E-state index contributed by atoms with van der Waals surface area (Å²) in [5, 5.41) is 1.60. The van der Waals surface area contributed by atoms with Crippen LogP contribution >= 0.6 is 27.5 Å². The van der Waals surface area contributed by atoms with Crippen molar-refractivity contribution in [3.63, 3.8) is 0 Å². The molecular formula is C26H24BrClN2O3. The predicted molar refractivity (Wildman–Crippen MR) is 136 cm³/mol. The Kier molecular flexibility index (Phi) is 7.95. The van der Waals surface area contributed by atoms with Crippen molar-refractivity contribution in [2.24, 2.45) is 5.73 Å². The van der Waals surface area contributed by atoms with Crippen LogP contribution in [-0.4, -0.2) is 23.5 Å². The quantitative estimate of drug-likeness (QED) is 0.333. The maximum Gasteiger partial charge on any atom is 0.262 e. The number of carbonyl (C=O) groups excluding carboxylic acids is 2. The fourth-order valence-electron chi connectivity index (χ4n) is 3.45. The van der Waals surface area contributed by atoms with Crippen molar-refractivity contribution in [2.45, 2.75) is 20.3 Å². The Morgan fingerprint density at radius 2 is 1.67 bits per heavy atom. The van der Waals surface area contributed by atoms with Crippen LogP contribution in [0.15, 0.2) is 71.2 Å². The maximum atomic E-state index is 12.7. The van der Waals surface area contributed by atoms with Crippen molar-refractivity contribution >= 4 is 50.2 Å². The van der Waals surface area contributed by atoms with E-state index in [9.17, 15) is 9.59 Å². The summed E-state index contributed by atoms with van der Waals surface area (Å²) in [7, 11) is 1.63. The number of aryl methyl sites for hydroxylation is 2. The highest BCUT2D eigenvalue weighted by molar-refractivity contribution is 9.10. The average Bonchev–Trinajstić information content (AvgIpc) is 3.14. The van der Waals surface area contributed by atoms with Gasteiger partial charge >= 0.3 is 0 Å². The summed E-state index contributed by atoms with van der Waals surface area (Å²) in [6, 6.07) is 19.9. The Morgan fingerprint density at radius 1 is 1.00 bits per heavy atom. The first-order valence-corrected chi connectivity index (χ1v) is 11.5. The second-order valence-electron chi connectivity index (χ2n) is 7.38. The Morgan fingerprint density at radius 3 is 2.27 bits per heavy atom. The first kappa shape index (κ1) is 24.6. The lowest BCUT2D eigenvalue weighted by Crippen LogP contribution is -2.13. The first-order chi connectivity index (χ1) is 15.7. The monoisotopic (exact) mass is 526 g/mol. The number of carbonyl (C=O) groups is 2. The van der Waals surface area contributed by atoms with Crippen LogP contribution in [-0.2, 0) is 6.42 Å². The van der Waals surface area contributed by atoms with E-state index < -0.39 is 0 Å². The molecule has 2 N–H and O–H groups in total. The molecule has 1 aromatic heterocycles. The zero-order chi connectivity index (χ0) is 24.1. The number of halogens is 2. The van der Waals surface area contributed by atoms with Gasteiger partial charge in [0.15, 0.2) is 0 Å². The molecule has 3 aromatic carbocycles. The van der Waals surface area contributed by atoms with Crippen LogP contribution in [0.5, 0.6) is 5.75 Å². The van der Waals surface area contributed by atoms with Crippen molar-refractivity contribution < 1.29 is 14.3 Å². The number of hydrogen-bond acceptors (Lipinski definition) is 3. The molecule has 0 aliphatic carbocycles. The van der Waals surface area contributed by atoms with E-state index in [2.05, 4.69) is 15.9 Å². The van der Waals surface area contributed by atoms with Crippen LogP contribution in [0.3, 0.4) is 0 Å². The highest BCUT2D eigenvalue weighted by Crippen LogP contribution is 2.25. The number of primary amides is 1. The van der Waals surface area contributed by atoms with Crippen molar-refractivity contribution in [3.8, 4) is 5.75 Å². The fraction of sp³-hybridized carbons (Fsp3) is 0.154. The molecule has 7 heteroatoms. The largest absolute Gasteiger partial charge is 0.497 e. The highest BCUT2D eigenvalue weighted by Gasteiger charge is 2.15. The Balaban J connectivity index is 0.000000218. The number of hydrogen-bond donors (Lipinski definition) is 1. The van der Waals surface area contributed by atoms with Gasteiger partial charge in [-0.25, -0.2) is 0 Å². The molecule has 5 nitrogen and oxygen atoms in total. The van der Waals surface area contributed by atoms with E-state index in [1.165, 1.54) is 0 Å². The zero-order valence-electron chi connectivity index (χ0n) is 18.6. The van der Waals surface area contributed by atoms with E-state index in [0.29, 0.717) is 16.1 Å². The van der Waals surface area contributed by atoms with E-state index in [0.717, 1.165) is 38.8 Å². The van der Waals surface area contributed by atoms with Gasteiger partial charge in [-0.1, -0.05) is 34.5 Å². The molecule has 0 fully saturated rings. The maximum absolute atomic E-state index is 12.7. The van der Waals surface area contributed by atoms with Crippen LogP contribution < -0.4 is 10.5 Å². The normalized spacial score (nSPS) is 10.5. The molecule has 170 valence electrons. The SMILES string of the molecule is CCc1cc(C(N)=O)ccc1Br.COc1ccc2c(c1)cc(C)n2C(=O)c1ccc(Cl)cc1. The van der Waals surface area contributed by atoms with Crippen LogP contribution in [0.25, 0.3) is 10.9 Å². The summed E-state index contributed by atoms with van der Waals surface area (Å²) in [5.74, 6) is 0.333. The summed E-state index contributed by atoms with van der Waals surface area (Å²) in [5.41, 5.74) is 9.16. The van der Waals surface area contributed by atoms with Crippen molar-refractivity contribution in [1.29, 1.82) is 0 Å². The zero-order valence-corrected chi connectivity index (χ0v) is 20.9. The number of nitrogens with zero attached hydrogens (tertiary/aromatic N) is 1. The fourth-order valence-corrected chi connectivity index (χ4v) is 4.10. The smallest absolute Gasteiger partial charge is 0.262 e. The summed E-state index contributed by atoms with van der Waals surface area (Å²) in [6.07, 6.45) is 0.891. The van der Waals surface area contributed by atoms with E-state index in [1.807, 2.05) is 50.2 Å². The lowest BCUT2D eigenvalue weighted by molar-refractivity contribution is 0.0961. The van der Waals surface area contributed by atoms with Crippen molar-refractivity contribution in [3.05, 3.63) is 98.6 Å². The minimum absolute atomic E-state index is 0.0654. The molecule has 0 spiro atoms. The summed E-state index contributed by atoms with van der Waals surface area (Å²) >= 11 is 9.26. The van der Waals surface area contributed by atoms with Crippen LogP contribution in [0.4, 0.5) is 0 Å². The molecular weight excluding hydrogens is 504 g/mol. The number of nitrogens with two attached hydrogens (primary N) is 1.